The summed E-state index contributed by atoms with van der Waals surface area (Å²) in [5.41, 5.74) is 1.26. The Morgan fingerprint density at radius 2 is 2.00 bits per heavy atom. The highest BCUT2D eigenvalue weighted by Gasteiger charge is 2.32. The lowest BCUT2D eigenvalue weighted by Crippen LogP contribution is -2.46. The van der Waals surface area contributed by atoms with E-state index in [2.05, 4.69) is 22.3 Å². The first-order chi connectivity index (χ1) is 9.40. The fourth-order valence-corrected chi connectivity index (χ4v) is 3.49. The van der Waals surface area contributed by atoms with E-state index in [1.54, 1.807) is 0 Å². The molecule has 1 aromatic carbocycles. The maximum absolute atomic E-state index is 5.67. The number of rotatable bonds is 1. The molecule has 2 fully saturated rings. The van der Waals surface area contributed by atoms with E-state index in [4.69, 9.17) is 9.47 Å². The molecule has 3 heterocycles. The maximum atomic E-state index is 5.67. The Bertz CT molecular complexity index is 477. The molecule has 0 aromatic heterocycles. The van der Waals surface area contributed by atoms with Crippen LogP contribution in [0.15, 0.2) is 18.2 Å². The Morgan fingerprint density at radius 1 is 1.11 bits per heavy atom. The zero-order valence-electron chi connectivity index (χ0n) is 11.1. The molecule has 3 aliphatic rings. The number of piperidine rings is 1. The molecule has 102 valence electrons. The number of benzene rings is 1. The van der Waals surface area contributed by atoms with E-state index >= 15 is 0 Å². The van der Waals surface area contributed by atoms with Gasteiger partial charge in [0.1, 0.15) is 13.2 Å². The number of hydrogen-bond donors (Lipinski definition) is 1. The van der Waals surface area contributed by atoms with Crippen LogP contribution in [-0.2, 0) is 0 Å². The van der Waals surface area contributed by atoms with Crippen LogP contribution in [0, 0.1) is 5.92 Å². The van der Waals surface area contributed by atoms with Crippen LogP contribution in [0.4, 0.5) is 5.69 Å². The molecule has 4 nitrogen and oxygen atoms in total. The number of ether oxygens (including phenoxy) is 2. The zero-order valence-corrected chi connectivity index (χ0v) is 11.1. The molecule has 0 bridgehead atoms. The van der Waals surface area contributed by atoms with Gasteiger partial charge in [-0.25, -0.2) is 0 Å². The normalized spacial score (nSPS) is 29.2. The summed E-state index contributed by atoms with van der Waals surface area (Å²) < 4.78 is 11.3. The van der Waals surface area contributed by atoms with E-state index in [-0.39, 0.29) is 0 Å². The van der Waals surface area contributed by atoms with Gasteiger partial charge < -0.3 is 19.7 Å². The lowest BCUT2D eigenvalue weighted by molar-refractivity contribution is 0.171. The highest BCUT2D eigenvalue weighted by atomic mass is 16.6. The van der Waals surface area contributed by atoms with Crippen molar-refractivity contribution < 1.29 is 9.47 Å². The Morgan fingerprint density at radius 3 is 2.95 bits per heavy atom. The summed E-state index contributed by atoms with van der Waals surface area (Å²) in [5.74, 6) is 2.66. The summed E-state index contributed by atoms with van der Waals surface area (Å²) >= 11 is 0. The van der Waals surface area contributed by atoms with Crippen molar-refractivity contribution in [2.24, 2.45) is 5.92 Å². The van der Waals surface area contributed by atoms with E-state index in [1.165, 1.54) is 25.1 Å². The molecule has 1 aromatic rings. The first-order valence-corrected chi connectivity index (χ1v) is 7.28. The summed E-state index contributed by atoms with van der Waals surface area (Å²) in [6.07, 6.45) is 2.64. The van der Waals surface area contributed by atoms with Gasteiger partial charge in [0.15, 0.2) is 11.5 Å². The van der Waals surface area contributed by atoms with Crippen LogP contribution in [0.25, 0.3) is 0 Å². The summed E-state index contributed by atoms with van der Waals surface area (Å²) in [7, 11) is 0. The summed E-state index contributed by atoms with van der Waals surface area (Å²) in [6, 6.07) is 6.99. The van der Waals surface area contributed by atoms with Crippen molar-refractivity contribution in [3.8, 4) is 11.5 Å². The van der Waals surface area contributed by atoms with Gasteiger partial charge >= 0.3 is 0 Å². The molecule has 2 saturated heterocycles. The number of anilines is 1. The summed E-state index contributed by atoms with van der Waals surface area (Å²) in [6.45, 7) is 4.77. The zero-order chi connectivity index (χ0) is 12.7. The number of nitrogens with one attached hydrogen (secondary N) is 1. The molecular formula is C15H20N2O2. The summed E-state index contributed by atoms with van der Waals surface area (Å²) in [5, 5.41) is 3.62. The van der Waals surface area contributed by atoms with Crippen molar-refractivity contribution in [2.75, 3.05) is 37.7 Å². The Balaban J connectivity index is 1.55. The second kappa shape index (κ2) is 4.60. The molecule has 0 aliphatic carbocycles. The third-order valence-electron chi connectivity index (χ3n) is 4.57. The van der Waals surface area contributed by atoms with Crippen molar-refractivity contribution in [3.63, 3.8) is 0 Å². The molecular weight excluding hydrogens is 240 g/mol. The van der Waals surface area contributed by atoms with Crippen LogP contribution in [-0.4, -0.2) is 38.9 Å². The first-order valence-electron chi connectivity index (χ1n) is 7.28. The lowest BCUT2D eigenvalue weighted by Gasteiger charge is -2.36. The van der Waals surface area contributed by atoms with Gasteiger partial charge in [0.05, 0.1) is 0 Å². The predicted molar refractivity (Wildman–Crippen MR) is 74.2 cm³/mol. The van der Waals surface area contributed by atoms with Gasteiger partial charge in [0.2, 0.25) is 0 Å². The highest BCUT2D eigenvalue weighted by molar-refractivity contribution is 5.57. The van der Waals surface area contributed by atoms with Gasteiger partial charge in [-0.1, -0.05) is 0 Å². The van der Waals surface area contributed by atoms with Gasteiger partial charge in [0, 0.05) is 30.9 Å². The molecule has 4 heteroatoms. The quantitative estimate of drug-likeness (QED) is 0.832. The molecule has 0 amide bonds. The van der Waals surface area contributed by atoms with Crippen molar-refractivity contribution in [1.82, 2.24) is 5.32 Å². The number of fused-ring (bicyclic) bond motifs is 2. The van der Waals surface area contributed by atoms with Crippen LogP contribution < -0.4 is 19.7 Å². The molecule has 1 N–H and O–H groups in total. The Kier molecular flexibility index (Phi) is 2.76. The highest BCUT2D eigenvalue weighted by Crippen LogP contribution is 2.36. The van der Waals surface area contributed by atoms with Crippen LogP contribution in [0.1, 0.15) is 12.8 Å². The van der Waals surface area contributed by atoms with Gasteiger partial charge in [0.25, 0.3) is 0 Å². The van der Waals surface area contributed by atoms with Crippen molar-refractivity contribution in [3.05, 3.63) is 18.2 Å². The molecule has 0 saturated carbocycles. The van der Waals surface area contributed by atoms with Crippen molar-refractivity contribution in [2.45, 2.75) is 18.9 Å². The van der Waals surface area contributed by atoms with E-state index in [9.17, 15) is 0 Å². The van der Waals surface area contributed by atoms with Gasteiger partial charge in [-0.05, 0) is 37.4 Å². The molecule has 19 heavy (non-hydrogen) atoms. The largest absolute Gasteiger partial charge is 0.486 e. The number of hydrogen-bond acceptors (Lipinski definition) is 4. The first kappa shape index (κ1) is 11.4. The van der Waals surface area contributed by atoms with Crippen LogP contribution in [0.3, 0.4) is 0 Å². The molecule has 0 radical (unpaired) electrons. The van der Waals surface area contributed by atoms with Gasteiger partial charge in [-0.3, -0.25) is 0 Å². The molecule has 4 rings (SSSR count). The monoisotopic (exact) mass is 260 g/mol. The van der Waals surface area contributed by atoms with Crippen LogP contribution in [0.5, 0.6) is 11.5 Å². The third-order valence-corrected chi connectivity index (χ3v) is 4.57. The van der Waals surface area contributed by atoms with Gasteiger partial charge in [-0.15, -0.1) is 0 Å². The smallest absolute Gasteiger partial charge is 0.163 e. The minimum atomic E-state index is 0.655. The van der Waals surface area contributed by atoms with E-state index in [1.807, 2.05) is 6.07 Å². The second-order valence-corrected chi connectivity index (χ2v) is 5.67. The minimum absolute atomic E-state index is 0.655. The average Bonchev–Trinajstić information content (AvgIpc) is 2.94. The second-order valence-electron chi connectivity index (χ2n) is 5.67. The number of nitrogens with zero attached hydrogens (tertiary/aromatic N) is 1. The molecule has 2 atom stereocenters. The maximum Gasteiger partial charge on any atom is 0.163 e. The SMILES string of the molecule is c1cc2c(cc1N1CCC3CCNC3C1)OCCO2. The Hall–Kier alpha value is -1.42. The fourth-order valence-electron chi connectivity index (χ4n) is 3.49. The van der Waals surface area contributed by atoms with Crippen molar-refractivity contribution >= 4 is 5.69 Å². The molecule has 2 unspecified atom stereocenters. The van der Waals surface area contributed by atoms with E-state index in [0.29, 0.717) is 19.3 Å². The van der Waals surface area contributed by atoms with Crippen molar-refractivity contribution in [1.29, 1.82) is 0 Å². The van der Waals surface area contributed by atoms with Crippen LogP contribution in [0.2, 0.25) is 0 Å². The minimum Gasteiger partial charge on any atom is -0.486 e. The van der Waals surface area contributed by atoms with Gasteiger partial charge in [-0.2, -0.15) is 0 Å². The molecule has 0 spiro atoms. The summed E-state index contributed by atoms with van der Waals surface area (Å²) in [4.78, 5) is 2.47. The average molecular weight is 260 g/mol. The van der Waals surface area contributed by atoms with E-state index in [0.717, 1.165) is 30.5 Å². The molecule has 3 aliphatic heterocycles. The predicted octanol–water partition coefficient (Wildman–Crippen LogP) is 1.65. The lowest BCUT2D eigenvalue weighted by atomic mass is 9.92. The topological polar surface area (TPSA) is 33.7 Å². The van der Waals surface area contributed by atoms with E-state index < -0.39 is 0 Å². The standard InChI is InChI=1S/C15H20N2O2/c1-2-14-15(19-8-7-18-14)9-12(1)17-6-4-11-3-5-16-13(11)10-17/h1-2,9,11,13,16H,3-8,10H2. The fraction of sp³-hybridized carbons (Fsp3) is 0.600. The Labute approximate surface area is 113 Å². The van der Waals surface area contributed by atoms with Crippen LogP contribution >= 0.6 is 0 Å². The third kappa shape index (κ3) is 2.04.